The summed E-state index contributed by atoms with van der Waals surface area (Å²) in [7, 11) is 4.27. The fraction of sp³-hybridized carbons (Fsp3) is 0.625. The smallest absolute Gasteiger partial charge is 0.0326 e. The molecule has 0 aromatic heterocycles. The van der Waals surface area contributed by atoms with Crippen molar-refractivity contribution < 1.29 is 0 Å². The van der Waals surface area contributed by atoms with Crippen molar-refractivity contribution in [2.24, 2.45) is 0 Å². The number of benzene rings is 1. The number of nitrogens with zero attached hydrogens (tertiary/aromatic N) is 1. The van der Waals surface area contributed by atoms with Gasteiger partial charge in [0.05, 0.1) is 0 Å². The molecule has 0 saturated heterocycles. The van der Waals surface area contributed by atoms with Crippen LogP contribution in [0.2, 0.25) is 0 Å². The summed E-state index contributed by atoms with van der Waals surface area (Å²) < 4.78 is 0. The van der Waals surface area contributed by atoms with Gasteiger partial charge in [-0.25, -0.2) is 0 Å². The first-order valence-corrected chi connectivity index (χ1v) is 7.07. The molecular formula is C16H26N2. The molecule has 100 valence electrons. The average Bonchev–Trinajstić information content (AvgIpc) is 2.32. The van der Waals surface area contributed by atoms with Crippen LogP contribution >= 0.6 is 0 Å². The van der Waals surface area contributed by atoms with Gasteiger partial charge in [-0.15, -0.1) is 0 Å². The molecule has 0 saturated carbocycles. The Morgan fingerprint density at radius 2 is 1.89 bits per heavy atom. The summed E-state index contributed by atoms with van der Waals surface area (Å²) in [5.41, 5.74) is 3.06. The molecule has 3 unspecified atom stereocenters. The van der Waals surface area contributed by atoms with Gasteiger partial charge in [0.1, 0.15) is 0 Å². The van der Waals surface area contributed by atoms with Gasteiger partial charge in [-0.3, -0.25) is 0 Å². The Bertz CT molecular complexity index is 386. The van der Waals surface area contributed by atoms with Crippen LogP contribution in [0, 0.1) is 0 Å². The quantitative estimate of drug-likeness (QED) is 0.878. The van der Waals surface area contributed by atoms with E-state index < -0.39 is 0 Å². The van der Waals surface area contributed by atoms with E-state index in [0.717, 1.165) is 6.54 Å². The molecular weight excluding hydrogens is 220 g/mol. The fourth-order valence-electron chi connectivity index (χ4n) is 3.12. The molecule has 3 atom stereocenters. The van der Waals surface area contributed by atoms with E-state index in [1.54, 1.807) is 5.56 Å². The molecule has 1 aliphatic carbocycles. The minimum atomic E-state index is 0.534. The normalized spacial score (nSPS) is 24.9. The lowest BCUT2D eigenvalue weighted by atomic mass is 9.81. The Hall–Kier alpha value is -0.860. The van der Waals surface area contributed by atoms with Gasteiger partial charge in [-0.2, -0.15) is 0 Å². The second-order valence-electron chi connectivity index (χ2n) is 5.99. The summed E-state index contributed by atoms with van der Waals surface area (Å²) in [5, 5.41) is 3.79. The van der Waals surface area contributed by atoms with Crippen molar-refractivity contribution in [2.45, 2.75) is 44.7 Å². The molecule has 2 heteroatoms. The standard InChI is InChI=1S/C16H26N2/c1-12-9-10-16(17-13(2)11-18(3)4)15-8-6-5-7-14(12)15/h5-8,12-13,16-17H,9-11H2,1-4H3. The van der Waals surface area contributed by atoms with Crippen LogP contribution in [0.15, 0.2) is 24.3 Å². The van der Waals surface area contributed by atoms with Gasteiger partial charge < -0.3 is 10.2 Å². The van der Waals surface area contributed by atoms with E-state index in [1.165, 1.54) is 18.4 Å². The molecule has 2 rings (SSSR count). The van der Waals surface area contributed by atoms with E-state index in [0.29, 0.717) is 18.0 Å². The third kappa shape index (κ3) is 3.12. The first-order valence-electron chi connectivity index (χ1n) is 7.07. The molecule has 0 bridgehead atoms. The zero-order valence-corrected chi connectivity index (χ0v) is 12.1. The first-order chi connectivity index (χ1) is 8.58. The second-order valence-corrected chi connectivity index (χ2v) is 5.99. The molecule has 0 fully saturated rings. The maximum absolute atomic E-state index is 3.79. The van der Waals surface area contributed by atoms with Crippen LogP contribution in [0.4, 0.5) is 0 Å². The number of fused-ring (bicyclic) bond motifs is 1. The van der Waals surface area contributed by atoms with E-state index in [4.69, 9.17) is 0 Å². The van der Waals surface area contributed by atoms with E-state index in [2.05, 4.69) is 62.4 Å². The summed E-state index contributed by atoms with van der Waals surface area (Å²) in [6.07, 6.45) is 2.55. The number of hydrogen-bond donors (Lipinski definition) is 1. The molecule has 1 aromatic carbocycles. The molecule has 0 aliphatic heterocycles. The van der Waals surface area contributed by atoms with Crippen LogP contribution in [-0.4, -0.2) is 31.6 Å². The summed E-state index contributed by atoms with van der Waals surface area (Å²) in [5.74, 6) is 0.711. The van der Waals surface area contributed by atoms with Crippen molar-refractivity contribution in [2.75, 3.05) is 20.6 Å². The van der Waals surface area contributed by atoms with Crippen molar-refractivity contribution in [3.63, 3.8) is 0 Å². The highest BCUT2D eigenvalue weighted by atomic mass is 15.1. The summed E-state index contributed by atoms with van der Waals surface area (Å²) >= 11 is 0. The topological polar surface area (TPSA) is 15.3 Å². The third-order valence-corrected chi connectivity index (χ3v) is 3.92. The van der Waals surface area contributed by atoms with Gasteiger partial charge in [0, 0.05) is 18.6 Å². The van der Waals surface area contributed by atoms with Gasteiger partial charge in [0.2, 0.25) is 0 Å². The summed E-state index contributed by atoms with van der Waals surface area (Å²) in [6.45, 7) is 5.72. The van der Waals surface area contributed by atoms with Crippen molar-refractivity contribution in [1.29, 1.82) is 0 Å². The van der Waals surface area contributed by atoms with Crippen LogP contribution in [-0.2, 0) is 0 Å². The highest BCUT2D eigenvalue weighted by molar-refractivity contribution is 5.34. The number of hydrogen-bond acceptors (Lipinski definition) is 2. The zero-order chi connectivity index (χ0) is 13.1. The van der Waals surface area contributed by atoms with E-state index in [1.807, 2.05) is 0 Å². The third-order valence-electron chi connectivity index (χ3n) is 3.92. The minimum absolute atomic E-state index is 0.534. The Morgan fingerprint density at radius 3 is 2.56 bits per heavy atom. The molecule has 1 aliphatic rings. The van der Waals surface area contributed by atoms with Crippen LogP contribution in [0.5, 0.6) is 0 Å². The molecule has 0 spiro atoms. The predicted octanol–water partition coefficient (Wildman–Crippen LogP) is 3.16. The Morgan fingerprint density at radius 1 is 1.22 bits per heavy atom. The minimum Gasteiger partial charge on any atom is -0.308 e. The highest BCUT2D eigenvalue weighted by Crippen LogP contribution is 2.37. The predicted molar refractivity (Wildman–Crippen MR) is 78.0 cm³/mol. The van der Waals surface area contributed by atoms with E-state index >= 15 is 0 Å². The second kappa shape index (κ2) is 5.85. The lowest BCUT2D eigenvalue weighted by molar-refractivity contribution is 0.313. The van der Waals surface area contributed by atoms with Crippen LogP contribution < -0.4 is 5.32 Å². The van der Waals surface area contributed by atoms with Crippen molar-refractivity contribution >= 4 is 0 Å². The highest BCUT2D eigenvalue weighted by Gasteiger charge is 2.25. The summed E-state index contributed by atoms with van der Waals surface area (Å²) in [6, 6.07) is 10.00. The lowest BCUT2D eigenvalue weighted by Gasteiger charge is -2.33. The van der Waals surface area contributed by atoms with Crippen molar-refractivity contribution in [3.05, 3.63) is 35.4 Å². The van der Waals surface area contributed by atoms with Crippen LogP contribution in [0.25, 0.3) is 0 Å². The van der Waals surface area contributed by atoms with Gasteiger partial charge in [-0.05, 0) is 50.9 Å². The Kier molecular flexibility index (Phi) is 4.41. The first kappa shape index (κ1) is 13.6. The fourth-order valence-corrected chi connectivity index (χ4v) is 3.12. The number of likely N-dealkylation sites (N-methyl/N-ethyl adjacent to an activating group) is 1. The molecule has 0 radical (unpaired) electrons. The number of rotatable bonds is 4. The van der Waals surface area contributed by atoms with Gasteiger partial charge >= 0.3 is 0 Å². The maximum atomic E-state index is 3.79. The van der Waals surface area contributed by atoms with E-state index in [9.17, 15) is 0 Å². The van der Waals surface area contributed by atoms with Gasteiger partial charge in [-0.1, -0.05) is 31.2 Å². The molecule has 1 aromatic rings. The molecule has 1 N–H and O–H groups in total. The zero-order valence-electron chi connectivity index (χ0n) is 12.1. The van der Waals surface area contributed by atoms with Gasteiger partial charge in [0.15, 0.2) is 0 Å². The van der Waals surface area contributed by atoms with Crippen LogP contribution in [0.1, 0.15) is 49.8 Å². The van der Waals surface area contributed by atoms with Gasteiger partial charge in [0.25, 0.3) is 0 Å². The SMILES string of the molecule is CC(CN(C)C)NC1CCC(C)c2ccccc21. The van der Waals surface area contributed by atoms with Crippen molar-refractivity contribution in [3.8, 4) is 0 Å². The molecule has 2 nitrogen and oxygen atoms in total. The largest absolute Gasteiger partial charge is 0.308 e. The average molecular weight is 246 g/mol. The molecule has 0 amide bonds. The summed E-state index contributed by atoms with van der Waals surface area (Å²) in [4.78, 5) is 2.25. The maximum Gasteiger partial charge on any atom is 0.0326 e. The molecule has 18 heavy (non-hydrogen) atoms. The monoisotopic (exact) mass is 246 g/mol. The number of nitrogens with one attached hydrogen (secondary N) is 1. The Balaban J connectivity index is 2.09. The van der Waals surface area contributed by atoms with Crippen LogP contribution in [0.3, 0.4) is 0 Å². The molecule has 0 heterocycles. The Labute approximate surface area is 111 Å². The van der Waals surface area contributed by atoms with E-state index in [-0.39, 0.29) is 0 Å². The lowest BCUT2D eigenvalue weighted by Crippen LogP contribution is -2.39. The van der Waals surface area contributed by atoms with Crippen molar-refractivity contribution in [1.82, 2.24) is 10.2 Å².